The molecule has 1 aromatic rings. The molecule has 6 nitrogen and oxygen atoms in total. The maximum Gasteiger partial charge on any atom is 0.313 e. The van der Waals surface area contributed by atoms with Crippen molar-refractivity contribution in [3.8, 4) is 5.75 Å². The van der Waals surface area contributed by atoms with E-state index < -0.39 is 11.4 Å². The molecule has 6 heteroatoms. The highest BCUT2D eigenvalue weighted by Gasteiger charge is 2.46. The van der Waals surface area contributed by atoms with Gasteiger partial charge in [0.05, 0.1) is 19.1 Å². The van der Waals surface area contributed by atoms with Crippen LogP contribution in [0.5, 0.6) is 5.75 Å². The van der Waals surface area contributed by atoms with Gasteiger partial charge in [0.15, 0.2) is 0 Å². The topological polar surface area (TPSA) is 76.1 Å². The number of nitrogens with zero attached hydrogens (tertiary/aromatic N) is 1. The molecule has 1 aliphatic heterocycles. The van der Waals surface area contributed by atoms with Crippen LogP contribution in [0.2, 0.25) is 0 Å². The van der Waals surface area contributed by atoms with Gasteiger partial charge in [-0.15, -0.1) is 0 Å². The fourth-order valence-electron chi connectivity index (χ4n) is 3.00. The SMILES string of the molecule is COCC1(C(=O)O)CCN(C(=O)Cc2cccc(OC(C)C)c2)C1. The largest absolute Gasteiger partial charge is 0.491 e. The number of likely N-dealkylation sites (tertiary alicyclic amines) is 1. The second-order valence-corrected chi connectivity index (χ2v) is 6.57. The van der Waals surface area contributed by atoms with Gasteiger partial charge in [-0.3, -0.25) is 9.59 Å². The molecule has 2 rings (SSSR count). The summed E-state index contributed by atoms with van der Waals surface area (Å²) in [5, 5.41) is 9.47. The monoisotopic (exact) mass is 335 g/mol. The van der Waals surface area contributed by atoms with Crippen LogP contribution in [0.3, 0.4) is 0 Å². The highest BCUT2D eigenvalue weighted by Crippen LogP contribution is 2.31. The van der Waals surface area contributed by atoms with Gasteiger partial charge in [0.25, 0.3) is 0 Å². The Labute approximate surface area is 142 Å². The normalized spacial score (nSPS) is 20.4. The maximum absolute atomic E-state index is 12.5. The highest BCUT2D eigenvalue weighted by molar-refractivity contribution is 5.82. The van der Waals surface area contributed by atoms with Crippen molar-refractivity contribution in [1.82, 2.24) is 4.90 Å². The Kier molecular flexibility index (Phi) is 5.83. The van der Waals surface area contributed by atoms with Crippen molar-refractivity contribution in [2.24, 2.45) is 5.41 Å². The smallest absolute Gasteiger partial charge is 0.313 e. The lowest BCUT2D eigenvalue weighted by atomic mass is 9.88. The maximum atomic E-state index is 12.5. The molecule has 1 aromatic carbocycles. The Morgan fingerprint density at radius 1 is 1.38 bits per heavy atom. The number of hydrogen-bond donors (Lipinski definition) is 1. The molecule has 0 radical (unpaired) electrons. The first-order valence-corrected chi connectivity index (χ1v) is 8.12. The molecule has 1 unspecified atom stereocenters. The second kappa shape index (κ2) is 7.66. The van der Waals surface area contributed by atoms with Gasteiger partial charge in [-0.2, -0.15) is 0 Å². The molecule has 1 saturated heterocycles. The summed E-state index contributed by atoms with van der Waals surface area (Å²) in [5.41, 5.74) is -0.134. The number of carboxylic acids is 1. The molecule has 1 amide bonds. The molecular weight excluding hydrogens is 310 g/mol. The predicted octanol–water partition coefficient (Wildman–Crippen LogP) is 1.97. The Bertz CT molecular complexity index is 601. The summed E-state index contributed by atoms with van der Waals surface area (Å²) in [7, 11) is 1.48. The van der Waals surface area contributed by atoms with E-state index in [0.717, 1.165) is 11.3 Å². The summed E-state index contributed by atoms with van der Waals surface area (Å²) in [6, 6.07) is 7.45. The van der Waals surface area contributed by atoms with Crippen LogP contribution in [0.1, 0.15) is 25.8 Å². The Hall–Kier alpha value is -2.08. The van der Waals surface area contributed by atoms with Gasteiger partial charge < -0.3 is 19.5 Å². The molecule has 1 atom stereocenters. The second-order valence-electron chi connectivity index (χ2n) is 6.57. The standard InChI is InChI=1S/C18H25NO5/c1-13(2)24-15-6-4-5-14(9-15)10-16(20)19-8-7-18(11-19,12-23-3)17(21)22/h4-6,9,13H,7-8,10-12H2,1-3H3,(H,21,22). The van der Waals surface area contributed by atoms with Crippen LogP contribution < -0.4 is 4.74 Å². The summed E-state index contributed by atoms with van der Waals surface area (Å²) in [6.07, 6.45) is 0.718. The zero-order valence-corrected chi connectivity index (χ0v) is 14.4. The summed E-state index contributed by atoms with van der Waals surface area (Å²) in [5.74, 6) is -0.251. The third-order valence-electron chi connectivity index (χ3n) is 4.21. The number of carboxylic acid groups (broad SMARTS) is 1. The third-order valence-corrected chi connectivity index (χ3v) is 4.21. The van der Waals surface area contributed by atoms with E-state index in [-0.39, 0.29) is 31.6 Å². The Morgan fingerprint density at radius 2 is 2.12 bits per heavy atom. The van der Waals surface area contributed by atoms with Crippen molar-refractivity contribution < 1.29 is 24.2 Å². The zero-order chi connectivity index (χ0) is 17.7. The van der Waals surface area contributed by atoms with Crippen LogP contribution in [0, 0.1) is 5.41 Å². The van der Waals surface area contributed by atoms with Gasteiger partial charge in [-0.05, 0) is 38.0 Å². The minimum atomic E-state index is -0.993. The molecule has 132 valence electrons. The molecule has 0 saturated carbocycles. The lowest BCUT2D eigenvalue weighted by Crippen LogP contribution is -2.40. The molecule has 24 heavy (non-hydrogen) atoms. The van der Waals surface area contributed by atoms with E-state index in [1.807, 2.05) is 38.1 Å². The van der Waals surface area contributed by atoms with E-state index >= 15 is 0 Å². The van der Waals surface area contributed by atoms with E-state index in [4.69, 9.17) is 9.47 Å². The lowest BCUT2D eigenvalue weighted by Gasteiger charge is -2.23. The van der Waals surface area contributed by atoms with Crippen LogP contribution in [0.15, 0.2) is 24.3 Å². The van der Waals surface area contributed by atoms with E-state index in [1.165, 1.54) is 7.11 Å². The van der Waals surface area contributed by atoms with Crippen LogP contribution >= 0.6 is 0 Å². The molecule has 0 aliphatic carbocycles. The average Bonchev–Trinajstić information content (AvgIpc) is 2.93. The molecule has 0 bridgehead atoms. The number of aliphatic carboxylic acids is 1. The molecule has 1 aliphatic rings. The van der Waals surface area contributed by atoms with Crippen molar-refractivity contribution in [3.05, 3.63) is 29.8 Å². The first kappa shape index (κ1) is 18.3. The number of ether oxygens (including phenoxy) is 2. The van der Waals surface area contributed by atoms with Crippen molar-refractivity contribution in [2.45, 2.75) is 32.8 Å². The number of rotatable bonds is 7. The fraction of sp³-hybridized carbons (Fsp3) is 0.556. The summed E-state index contributed by atoms with van der Waals surface area (Å²) < 4.78 is 10.7. The van der Waals surface area contributed by atoms with Crippen molar-refractivity contribution in [3.63, 3.8) is 0 Å². The lowest BCUT2D eigenvalue weighted by molar-refractivity contribution is -0.151. The van der Waals surface area contributed by atoms with Gasteiger partial charge in [0, 0.05) is 20.2 Å². The van der Waals surface area contributed by atoms with Crippen LogP contribution in [0.4, 0.5) is 0 Å². The van der Waals surface area contributed by atoms with Gasteiger partial charge >= 0.3 is 5.97 Å². The predicted molar refractivity (Wildman–Crippen MR) is 89.1 cm³/mol. The van der Waals surface area contributed by atoms with Gasteiger partial charge in [-0.1, -0.05) is 12.1 Å². The van der Waals surface area contributed by atoms with Crippen molar-refractivity contribution in [2.75, 3.05) is 26.8 Å². The average molecular weight is 335 g/mol. The molecule has 1 heterocycles. The molecule has 1 N–H and O–H groups in total. The molecular formula is C18H25NO5. The number of carbonyl (C=O) groups excluding carboxylic acids is 1. The van der Waals surface area contributed by atoms with Crippen LogP contribution in [-0.4, -0.2) is 54.8 Å². The van der Waals surface area contributed by atoms with E-state index in [1.54, 1.807) is 4.90 Å². The van der Waals surface area contributed by atoms with Gasteiger partial charge in [0.2, 0.25) is 5.91 Å². The number of carbonyl (C=O) groups is 2. The third kappa shape index (κ3) is 4.26. The molecule has 0 aromatic heterocycles. The highest BCUT2D eigenvalue weighted by atomic mass is 16.5. The summed E-state index contributed by atoms with van der Waals surface area (Å²) in [6.45, 7) is 4.64. The van der Waals surface area contributed by atoms with Crippen LogP contribution in [-0.2, 0) is 20.7 Å². The number of methoxy groups -OCH3 is 1. The minimum absolute atomic E-state index is 0.0692. The number of amides is 1. The van der Waals surface area contributed by atoms with Crippen molar-refractivity contribution in [1.29, 1.82) is 0 Å². The Morgan fingerprint density at radius 3 is 2.75 bits per heavy atom. The minimum Gasteiger partial charge on any atom is -0.491 e. The summed E-state index contributed by atoms with van der Waals surface area (Å²) >= 11 is 0. The number of benzene rings is 1. The van der Waals surface area contributed by atoms with Crippen LogP contribution in [0.25, 0.3) is 0 Å². The molecule has 0 spiro atoms. The Balaban J connectivity index is 2.02. The number of hydrogen-bond acceptors (Lipinski definition) is 4. The molecule has 1 fully saturated rings. The van der Waals surface area contributed by atoms with Gasteiger partial charge in [-0.25, -0.2) is 0 Å². The van der Waals surface area contributed by atoms with E-state index in [9.17, 15) is 14.7 Å². The summed E-state index contributed by atoms with van der Waals surface area (Å²) in [4.78, 5) is 25.7. The van der Waals surface area contributed by atoms with Crippen molar-refractivity contribution >= 4 is 11.9 Å². The van der Waals surface area contributed by atoms with E-state index in [0.29, 0.717) is 13.0 Å². The first-order valence-electron chi connectivity index (χ1n) is 8.12. The fourth-order valence-corrected chi connectivity index (χ4v) is 3.00. The van der Waals surface area contributed by atoms with E-state index in [2.05, 4.69) is 0 Å². The van der Waals surface area contributed by atoms with Gasteiger partial charge in [0.1, 0.15) is 11.2 Å². The first-order chi connectivity index (χ1) is 11.4. The quantitative estimate of drug-likeness (QED) is 0.824. The zero-order valence-electron chi connectivity index (χ0n) is 14.4.